The van der Waals surface area contributed by atoms with Gasteiger partial charge in [-0.15, -0.1) is 0 Å². The van der Waals surface area contributed by atoms with Crippen molar-refractivity contribution in [1.29, 1.82) is 0 Å². The monoisotopic (exact) mass is 435 g/mol. The van der Waals surface area contributed by atoms with Gasteiger partial charge in [0.25, 0.3) is 0 Å². The number of anilines is 1. The van der Waals surface area contributed by atoms with Crippen molar-refractivity contribution in [2.45, 2.75) is 45.6 Å². The molecule has 2 aromatic heterocycles. The number of rotatable bonds is 4. The minimum absolute atomic E-state index is 0.0316. The van der Waals surface area contributed by atoms with Crippen LogP contribution in [-0.2, 0) is 22.4 Å². The first-order valence-electron chi connectivity index (χ1n) is 11.1. The summed E-state index contributed by atoms with van der Waals surface area (Å²) < 4.78 is 0. The molecule has 1 fully saturated rings. The third-order valence-electron chi connectivity index (χ3n) is 6.80. The van der Waals surface area contributed by atoms with Crippen LogP contribution in [0.25, 0.3) is 22.3 Å². The Kier molecular flexibility index (Phi) is 4.85. The minimum atomic E-state index is -0.687. The molecule has 0 spiro atoms. The molecule has 5 rings (SSSR count). The number of hydrogen-bond donors (Lipinski definition) is 3. The fourth-order valence-electron chi connectivity index (χ4n) is 4.84. The average Bonchev–Trinajstić information content (AvgIpc) is 3.42. The van der Waals surface area contributed by atoms with E-state index in [2.05, 4.69) is 35.1 Å². The van der Waals surface area contributed by atoms with E-state index in [1.165, 1.54) is 16.2 Å². The van der Waals surface area contributed by atoms with Gasteiger partial charge in [-0.1, -0.05) is 19.9 Å². The topological polar surface area (TPSA) is 105 Å². The molecule has 0 bridgehead atoms. The summed E-state index contributed by atoms with van der Waals surface area (Å²) in [6, 6.07) is 7.93. The van der Waals surface area contributed by atoms with Crippen LogP contribution in [0, 0.1) is 5.41 Å². The number of benzene rings is 1. The van der Waals surface area contributed by atoms with Crippen LogP contribution in [0.15, 0.2) is 24.3 Å². The van der Waals surface area contributed by atoms with Gasteiger partial charge in [0.2, 0.25) is 11.8 Å². The van der Waals surface area contributed by atoms with E-state index in [0.717, 1.165) is 47.2 Å². The molecule has 1 unspecified atom stereocenters. The second kappa shape index (κ2) is 7.48. The molecular weight excluding hydrogens is 406 g/mol. The lowest BCUT2D eigenvalue weighted by molar-refractivity contribution is -0.132. The summed E-state index contributed by atoms with van der Waals surface area (Å²) >= 11 is 0. The van der Waals surface area contributed by atoms with Crippen molar-refractivity contribution in [3.05, 3.63) is 35.5 Å². The first-order valence-corrected chi connectivity index (χ1v) is 11.1. The molecule has 0 radical (unpaired) electrons. The van der Waals surface area contributed by atoms with Crippen molar-refractivity contribution in [3.8, 4) is 11.4 Å². The highest BCUT2D eigenvalue weighted by atomic mass is 16.3. The smallest absolute Gasteiger partial charge is 0.246 e. The molecule has 3 heterocycles. The van der Waals surface area contributed by atoms with Crippen LogP contribution in [0.3, 0.4) is 0 Å². The Balaban J connectivity index is 1.37. The molecule has 0 saturated carbocycles. The van der Waals surface area contributed by atoms with E-state index >= 15 is 0 Å². The maximum atomic E-state index is 12.7. The number of aromatic amines is 2. The number of aromatic nitrogens is 3. The van der Waals surface area contributed by atoms with E-state index in [0.29, 0.717) is 5.41 Å². The second-order valence-electron chi connectivity index (χ2n) is 9.91. The molecule has 1 aliphatic heterocycles. The van der Waals surface area contributed by atoms with Crippen LogP contribution < -0.4 is 4.90 Å². The quantitative estimate of drug-likeness (QED) is 0.586. The number of likely N-dealkylation sites (tertiary alicyclic amines) is 1. The van der Waals surface area contributed by atoms with Crippen LogP contribution in [0.2, 0.25) is 0 Å². The predicted octanol–water partition coefficient (Wildman–Crippen LogP) is 2.63. The Hall–Kier alpha value is -3.13. The summed E-state index contributed by atoms with van der Waals surface area (Å²) in [5.41, 5.74) is 6.43. The Morgan fingerprint density at radius 1 is 1.34 bits per heavy atom. The van der Waals surface area contributed by atoms with Crippen LogP contribution in [0.4, 0.5) is 5.69 Å². The third-order valence-corrected chi connectivity index (χ3v) is 6.80. The van der Waals surface area contributed by atoms with Gasteiger partial charge in [-0.05, 0) is 42.9 Å². The van der Waals surface area contributed by atoms with E-state index in [1.54, 1.807) is 11.9 Å². The van der Waals surface area contributed by atoms with E-state index < -0.39 is 6.10 Å². The third kappa shape index (κ3) is 3.68. The van der Waals surface area contributed by atoms with E-state index in [9.17, 15) is 14.7 Å². The maximum Gasteiger partial charge on any atom is 0.246 e. The van der Waals surface area contributed by atoms with Gasteiger partial charge in [0.15, 0.2) is 0 Å². The van der Waals surface area contributed by atoms with Gasteiger partial charge in [-0.2, -0.15) is 5.10 Å². The van der Waals surface area contributed by atoms with Gasteiger partial charge < -0.3 is 19.9 Å². The molecule has 1 aliphatic carbocycles. The normalized spacial score (nSPS) is 20.1. The first kappa shape index (κ1) is 20.8. The molecule has 1 aromatic carbocycles. The van der Waals surface area contributed by atoms with Crippen molar-refractivity contribution < 1.29 is 14.7 Å². The second-order valence-corrected chi connectivity index (χ2v) is 9.91. The zero-order chi connectivity index (χ0) is 22.6. The molecular formula is C24H29N5O3. The number of carbonyl (C=O) groups is 2. The minimum Gasteiger partial charge on any atom is -0.391 e. The summed E-state index contributed by atoms with van der Waals surface area (Å²) in [6.07, 6.45) is 2.55. The molecule has 8 heteroatoms. The number of likely N-dealkylation sites (N-methyl/N-ethyl adjacent to an activating group) is 1. The molecule has 32 heavy (non-hydrogen) atoms. The first-order chi connectivity index (χ1) is 15.2. The van der Waals surface area contributed by atoms with Crippen LogP contribution in [0.5, 0.6) is 0 Å². The highest BCUT2D eigenvalue weighted by Gasteiger charge is 2.31. The lowest BCUT2D eigenvalue weighted by Crippen LogP contribution is -2.39. The lowest BCUT2D eigenvalue weighted by atomic mass is 9.76. The van der Waals surface area contributed by atoms with Crippen LogP contribution in [-0.4, -0.2) is 63.2 Å². The molecule has 168 valence electrons. The van der Waals surface area contributed by atoms with Gasteiger partial charge in [0.05, 0.1) is 18.2 Å². The largest absolute Gasteiger partial charge is 0.391 e. The standard InChI is InChI=1S/C24H29N5O3/c1-24(2)7-6-17-20(11-24)26-27-23(17)19-8-14-4-5-15(9-18(14)25-19)28(3)22(32)13-29-12-16(30)10-21(29)31/h4-5,8-9,16,25,30H,6-7,10-13H2,1-3H3,(H,26,27). The fourth-order valence-corrected chi connectivity index (χ4v) is 4.84. The van der Waals surface area contributed by atoms with Crippen molar-refractivity contribution in [2.24, 2.45) is 5.41 Å². The van der Waals surface area contributed by atoms with Gasteiger partial charge in [-0.3, -0.25) is 14.7 Å². The lowest BCUT2D eigenvalue weighted by Gasteiger charge is -2.28. The maximum absolute atomic E-state index is 12.7. The van der Waals surface area contributed by atoms with E-state index in [-0.39, 0.29) is 31.3 Å². The highest BCUT2D eigenvalue weighted by Crippen LogP contribution is 2.38. The Labute approximate surface area is 186 Å². The molecule has 2 aliphatic rings. The Bertz CT molecular complexity index is 1210. The SMILES string of the molecule is CN(C(=O)CN1CC(O)CC1=O)c1ccc2cc(-c3n[nH]c4c3CCC(C)(C)C4)[nH]c2c1. The number of H-pyrrole nitrogens is 2. The summed E-state index contributed by atoms with van der Waals surface area (Å²) in [5.74, 6) is -0.378. The molecule has 8 nitrogen and oxygen atoms in total. The van der Waals surface area contributed by atoms with Gasteiger partial charge in [-0.25, -0.2) is 0 Å². The molecule has 3 aromatic rings. The summed E-state index contributed by atoms with van der Waals surface area (Å²) in [6.45, 7) is 4.76. The van der Waals surface area contributed by atoms with E-state index in [4.69, 9.17) is 0 Å². The molecule has 1 saturated heterocycles. The van der Waals surface area contributed by atoms with Crippen LogP contribution >= 0.6 is 0 Å². The summed E-state index contributed by atoms with van der Waals surface area (Å²) in [4.78, 5) is 31.0. The Morgan fingerprint density at radius 3 is 2.91 bits per heavy atom. The number of carbonyl (C=O) groups excluding carboxylic acids is 2. The zero-order valence-corrected chi connectivity index (χ0v) is 18.7. The highest BCUT2D eigenvalue weighted by molar-refractivity contribution is 5.99. The van der Waals surface area contributed by atoms with E-state index in [1.807, 2.05) is 18.2 Å². The Morgan fingerprint density at radius 2 is 2.16 bits per heavy atom. The number of β-amino-alcohol motifs (C(OH)–C–C–N with tert-alkyl or cyclic N) is 1. The van der Waals surface area contributed by atoms with Crippen molar-refractivity contribution in [3.63, 3.8) is 0 Å². The van der Waals surface area contributed by atoms with Crippen molar-refractivity contribution >= 4 is 28.4 Å². The number of hydrogen-bond acceptors (Lipinski definition) is 4. The van der Waals surface area contributed by atoms with Gasteiger partial charge >= 0.3 is 0 Å². The fraction of sp³-hybridized carbons (Fsp3) is 0.458. The molecule has 3 N–H and O–H groups in total. The summed E-state index contributed by atoms with van der Waals surface area (Å²) in [5, 5.41) is 18.5. The molecule has 2 amide bonds. The average molecular weight is 436 g/mol. The van der Waals surface area contributed by atoms with Gasteiger partial charge in [0, 0.05) is 41.4 Å². The zero-order valence-electron chi connectivity index (χ0n) is 18.7. The number of fused-ring (bicyclic) bond motifs is 2. The summed E-state index contributed by atoms with van der Waals surface area (Å²) in [7, 11) is 1.70. The number of aliphatic hydroxyl groups is 1. The van der Waals surface area contributed by atoms with Gasteiger partial charge in [0.1, 0.15) is 12.2 Å². The predicted molar refractivity (Wildman–Crippen MR) is 122 cm³/mol. The molecule has 1 atom stereocenters. The number of amides is 2. The van der Waals surface area contributed by atoms with Crippen LogP contribution in [0.1, 0.15) is 37.9 Å². The van der Waals surface area contributed by atoms with Crippen molar-refractivity contribution in [1.82, 2.24) is 20.1 Å². The number of aliphatic hydroxyl groups excluding tert-OH is 1. The number of nitrogens with zero attached hydrogens (tertiary/aromatic N) is 3. The number of nitrogens with one attached hydrogen (secondary N) is 2. The van der Waals surface area contributed by atoms with Crippen molar-refractivity contribution in [2.75, 3.05) is 25.0 Å².